The number of amides is 1. The zero-order valence-corrected chi connectivity index (χ0v) is 12.4. The third-order valence-electron chi connectivity index (χ3n) is 3.84. The number of nitrogens with zero attached hydrogens (tertiary/aromatic N) is 3. The van der Waals surface area contributed by atoms with Crippen molar-refractivity contribution in [1.29, 1.82) is 0 Å². The first-order valence-electron chi connectivity index (χ1n) is 7.53. The molecule has 112 valence electrons. The van der Waals surface area contributed by atoms with Crippen LogP contribution in [0.3, 0.4) is 0 Å². The number of aromatic nitrogens is 3. The average molecular weight is 279 g/mol. The Morgan fingerprint density at radius 2 is 2.15 bits per heavy atom. The van der Waals surface area contributed by atoms with Gasteiger partial charge in [0.15, 0.2) is 5.82 Å². The van der Waals surface area contributed by atoms with Gasteiger partial charge in [0.2, 0.25) is 5.91 Å². The summed E-state index contributed by atoms with van der Waals surface area (Å²) < 4.78 is 2.17. The molecule has 0 saturated carbocycles. The summed E-state index contributed by atoms with van der Waals surface area (Å²) in [4.78, 5) is 11.9. The normalized spacial score (nSPS) is 17.9. The number of hydrogen-bond acceptors (Lipinski definition) is 4. The Balaban J connectivity index is 2.00. The Bertz CT molecular complexity index is 456. The Labute approximate surface area is 120 Å². The Morgan fingerprint density at radius 1 is 1.35 bits per heavy atom. The lowest BCUT2D eigenvalue weighted by Crippen LogP contribution is -2.31. The summed E-state index contributed by atoms with van der Waals surface area (Å²) in [6.45, 7) is 5.43. The molecule has 1 aromatic rings. The molecule has 0 spiro atoms. The van der Waals surface area contributed by atoms with Crippen molar-refractivity contribution in [2.45, 2.75) is 58.5 Å². The smallest absolute Gasteiger partial charge is 0.220 e. The molecule has 2 atom stereocenters. The first-order valence-corrected chi connectivity index (χ1v) is 7.53. The second-order valence-corrected chi connectivity index (χ2v) is 5.77. The largest absolute Gasteiger partial charge is 0.346 e. The van der Waals surface area contributed by atoms with Gasteiger partial charge < -0.3 is 15.6 Å². The first-order chi connectivity index (χ1) is 9.61. The summed E-state index contributed by atoms with van der Waals surface area (Å²) in [6, 6.07) is -0.105. The van der Waals surface area contributed by atoms with Gasteiger partial charge in [0.05, 0.1) is 6.04 Å². The predicted molar refractivity (Wildman–Crippen MR) is 77.0 cm³/mol. The van der Waals surface area contributed by atoms with E-state index >= 15 is 0 Å². The van der Waals surface area contributed by atoms with E-state index in [0.29, 0.717) is 13.0 Å². The molecular weight excluding hydrogens is 254 g/mol. The van der Waals surface area contributed by atoms with Crippen LogP contribution in [0.5, 0.6) is 0 Å². The number of aryl methyl sites for hydroxylation is 1. The highest BCUT2D eigenvalue weighted by Crippen LogP contribution is 2.18. The highest BCUT2D eigenvalue weighted by atomic mass is 16.1. The van der Waals surface area contributed by atoms with Crippen LogP contribution < -0.4 is 11.1 Å². The lowest BCUT2D eigenvalue weighted by Gasteiger charge is -2.16. The maximum Gasteiger partial charge on any atom is 0.220 e. The van der Waals surface area contributed by atoms with Crippen LogP contribution in [0.2, 0.25) is 0 Å². The molecule has 6 heteroatoms. The van der Waals surface area contributed by atoms with Crippen LogP contribution in [0.1, 0.15) is 57.2 Å². The molecule has 2 heterocycles. The topological polar surface area (TPSA) is 85.8 Å². The molecule has 2 rings (SSSR count). The van der Waals surface area contributed by atoms with E-state index in [0.717, 1.165) is 31.0 Å². The van der Waals surface area contributed by atoms with Crippen LogP contribution in [-0.4, -0.2) is 27.2 Å². The van der Waals surface area contributed by atoms with E-state index in [-0.39, 0.29) is 17.9 Å². The SMILES string of the molecule is CC(CN)CC(=O)NC(C)c1nnc2n1CCCCC2. The van der Waals surface area contributed by atoms with Crippen molar-refractivity contribution >= 4 is 5.91 Å². The quantitative estimate of drug-likeness (QED) is 0.847. The van der Waals surface area contributed by atoms with Crippen molar-refractivity contribution in [1.82, 2.24) is 20.1 Å². The molecule has 0 saturated heterocycles. The molecule has 20 heavy (non-hydrogen) atoms. The summed E-state index contributed by atoms with van der Waals surface area (Å²) in [5, 5.41) is 11.5. The molecule has 1 amide bonds. The fraction of sp³-hybridized carbons (Fsp3) is 0.786. The van der Waals surface area contributed by atoms with E-state index in [9.17, 15) is 4.79 Å². The van der Waals surface area contributed by atoms with Crippen molar-refractivity contribution in [3.05, 3.63) is 11.6 Å². The minimum atomic E-state index is -0.105. The van der Waals surface area contributed by atoms with Gasteiger partial charge in [0, 0.05) is 19.4 Å². The molecule has 0 aliphatic carbocycles. The van der Waals surface area contributed by atoms with Gasteiger partial charge in [-0.25, -0.2) is 0 Å². The van der Waals surface area contributed by atoms with Crippen LogP contribution >= 0.6 is 0 Å². The van der Waals surface area contributed by atoms with Gasteiger partial charge in [-0.15, -0.1) is 10.2 Å². The average Bonchev–Trinajstić information content (AvgIpc) is 2.67. The summed E-state index contributed by atoms with van der Waals surface area (Å²) in [6.07, 6.45) is 5.01. The van der Waals surface area contributed by atoms with Crippen molar-refractivity contribution < 1.29 is 4.79 Å². The lowest BCUT2D eigenvalue weighted by molar-refractivity contribution is -0.122. The molecule has 6 nitrogen and oxygen atoms in total. The van der Waals surface area contributed by atoms with E-state index < -0.39 is 0 Å². The van der Waals surface area contributed by atoms with Gasteiger partial charge in [0.1, 0.15) is 5.82 Å². The number of hydrogen-bond donors (Lipinski definition) is 2. The van der Waals surface area contributed by atoms with Gasteiger partial charge >= 0.3 is 0 Å². The fourth-order valence-corrected chi connectivity index (χ4v) is 2.59. The molecule has 3 N–H and O–H groups in total. The molecule has 2 unspecified atom stereocenters. The van der Waals surface area contributed by atoms with E-state index in [1.165, 1.54) is 12.8 Å². The summed E-state index contributed by atoms with van der Waals surface area (Å²) in [5.74, 6) is 2.16. The number of carbonyl (C=O) groups excluding carboxylic acids is 1. The third kappa shape index (κ3) is 3.56. The number of nitrogens with two attached hydrogens (primary N) is 1. The number of carbonyl (C=O) groups is 1. The van der Waals surface area contributed by atoms with E-state index in [2.05, 4.69) is 20.1 Å². The molecular formula is C14H25N5O. The van der Waals surface area contributed by atoms with Gasteiger partial charge in [-0.2, -0.15) is 0 Å². The zero-order valence-electron chi connectivity index (χ0n) is 12.4. The third-order valence-corrected chi connectivity index (χ3v) is 3.84. The van der Waals surface area contributed by atoms with E-state index in [1.54, 1.807) is 0 Å². The molecule has 0 aromatic carbocycles. The molecule has 1 aromatic heterocycles. The highest BCUT2D eigenvalue weighted by molar-refractivity contribution is 5.76. The van der Waals surface area contributed by atoms with E-state index in [1.807, 2.05) is 13.8 Å². The molecule has 0 fully saturated rings. The number of rotatable bonds is 5. The van der Waals surface area contributed by atoms with Crippen molar-refractivity contribution in [2.24, 2.45) is 11.7 Å². The Morgan fingerprint density at radius 3 is 2.90 bits per heavy atom. The first kappa shape index (κ1) is 15.0. The maximum atomic E-state index is 11.9. The van der Waals surface area contributed by atoms with Crippen LogP contribution in [-0.2, 0) is 17.8 Å². The van der Waals surface area contributed by atoms with Crippen LogP contribution in [0.4, 0.5) is 0 Å². The summed E-state index contributed by atoms with van der Waals surface area (Å²) >= 11 is 0. The maximum absolute atomic E-state index is 11.9. The van der Waals surface area contributed by atoms with Crippen molar-refractivity contribution in [2.75, 3.05) is 6.54 Å². The summed E-state index contributed by atoms with van der Waals surface area (Å²) in [5.41, 5.74) is 5.55. The van der Waals surface area contributed by atoms with Gasteiger partial charge in [-0.3, -0.25) is 4.79 Å². The monoisotopic (exact) mass is 279 g/mol. The standard InChI is InChI=1S/C14H25N5O/c1-10(9-15)8-13(20)16-11(2)14-18-17-12-6-4-3-5-7-19(12)14/h10-11H,3-9,15H2,1-2H3,(H,16,20). The van der Waals surface area contributed by atoms with Gasteiger partial charge in [-0.05, 0) is 32.2 Å². The van der Waals surface area contributed by atoms with Gasteiger partial charge in [0.25, 0.3) is 0 Å². The lowest BCUT2D eigenvalue weighted by atomic mass is 10.1. The fourth-order valence-electron chi connectivity index (χ4n) is 2.59. The zero-order chi connectivity index (χ0) is 14.5. The molecule has 1 aliphatic heterocycles. The Hall–Kier alpha value is -1.43. The van der Waals surface area contributed by atoms with Gasteiger partial charge in [-0.1, -0.05) is 13.3 Å². The summed E-state index contributed by atoms with van der Waals surface area (Å²) in [7, 11) is 0. The van der Waals surface area contributed by atoms with Crippen LogP contribution in [0, 0.1) is 5.92 Å². The predicted octanol–water partition coefficient (Wildman–Crippen LogP) is 1.17. The second kappa shape index (κ2) is 6.83. The minimum absolute atomic E-state index is 0.0291. The van der Waals surface area contributed by atoms with Crippen LogP contribution in [0.25, 0.3) is 0 Å². The second-order valence-electron chi connectivity index (χ2n) is 5.77. The van der Waals surface area contributed by atoms with Crippen molar-refractivity contribution in [3.63, 3.8) is 0 Å². The van der Waals surface area contributed by atoms with Crippen LogP contribution in [0.15, 0.2) is 0 Å². The molecule has 0 bridgehead atoms. The highest BCUT2D eigenvalue weighted by Gasteiger charge is 2.20. The minimum Gasteiger partial charge on any atom is -0.346 e. The number of nitrogens with one attached hydrogen (secondary N) is 1. The van der Waals surface area contributed by atoms with E-state index in [4.69, 9.17) is 5.73 Å². The Kier molecular flexibility index (Phi) is 5.11. The van der Waals surface area contributed by atoms with Crippen molar-refractivity contribution in [3.8, 4) is 0 Å². The molecule has 1 aliphatic rings. The number of fused-ring (bicyclic) bond motifs is 1. The molecule has 0 radical (unpaired) electrons.